The predicted octanol–water partition coefficient (Wildman–Crippen LogP) is 3.10. The number of fused-ring (bicyclic) bond motifs is 1. The van der Waals surface area contributed by atoms with E-state index in [1.165, 1.54) is 24.3 Å². The van der Waals surface area contributed by atoms with Crippen molar-refractivity contribution in [2.45, 2.75) is 50.9 Å². The van der Waals surface area contributed by atoms with E-state index in [1.807, 2.05) is 0 Å². The van der Waals surface area contributed by atoms with E-state index in [1.54, 1.807) is 19.9 Å². The number of carbonyl (C=O) groups excluding carboxylic acids is 1. The number of aliphatic hydroxyl groups is 2. The van der Waals surface area contributed by atoms with Gasteiger partial charge in [0.1, 0.15) is 11.6 Å². The van der Waals surface area contributed by atoms with Gasteiger partial charge < -0.3 is 15.5 Å². The average Bonchev–Trinajstić information content (AvgIpc) is 3.45. The van der Waals surface area contributed by atoms with Crippen molar-refractivity contribution in [3.63, 3.8) is 0 Å². The minimum atomic E-state index is -1.30. The molecule has 2 amide bonds. The summed E-state index contributed by atoms with van der Waals surface area (Å²) in [5.74, 6) is 0.219. The number of urea groups is 1. The largest absolute Gasteiger partial charge is 0.390 e. The molecule has 0 saturated heterocycles. The number of carbonyl (C=O) groups is 1. The Labute approximate surface area is 172 Å². The van der Waals surface area contributed by atoms with Crippen LogP contribution < -0.4 is 10.6 Å². The maximum absolute atomic E-state index is 13.3. The molecule has 0 aliphatic heterocycles. The van der Waals surface area contributed by atoms with Crippen LogP contribution in [0, 0.1) is 5.82 Å². The maximum atomic E-state index is 13.3. The van der Waals surface area contributed by atoms with Gasteiger partial charge in [-0.05, 0) is 44.4 Å². The molecule has 1 aliphatic carbocycles. The minimum Gasteiger partial charge on any atom is -0.390 e. The molecule has 1 aromatic carbocycles. The Morgan fingerprint density at radius 3 is 2.63 bits per heavy atom. The van der Waals surface area contributed by atoms with Crippen molar-refractivity contribution in [2.75, 3.05) is 5.32 Å². The van der Waals surface area contributed by atoms with Gasteiger partial charge in [0.2, 0.25) is 0 Å². The molecule has 4 rings (SSSR count). The molecule has 1 atom stereocenters. The van der Waals surface area contributed by atoms with Crippen LogP contribution in [-0.2, 0) is 6.61 Å². The number of aromatic nitrogens is 3. The standard InChI is InChI=1S/C21H24FN5O3/c1-21(2,30)19(12-5-7-13(22)8-6-12)25-20(29)24-16-9-14-17(15(10-28)23-16)18(27-26-14)11-3-4-11/h5-9,11,19,28,30H,3-4,10H2,1-2H3,(H,26,27)(H2,23,24,25,29)/t19-/m0/s1. The van der Waals surface area contributed by atoms with Gasteiger partial charge >= 0.3 is 6.03 Å². The van der Waals surface area contributed by atoms with Gasteiger partial charge in [0.25, 0.3) is 0 Å². The first kappa shape index (κ1) is 20.2. The van der Waals surface area contributed by atoms with E-state index in [4.69, 9.17) is 0 Å². The fourth-order valence-electron chi connectivity index (χ4n) is 3.59. The van der Waals surface area contributed by atoms with Crippen LogP contribution in [0.2, 0.25) is 0 Å². The van der Waals surface area contributed by atoms with E-state index < -0.39 is 23.5 Å². The Balaban J connectivity index is 1.56. The second-order valence-electron chi connectivity index (χ2n) is 8.15. The van der Waals surface area contributed by atoms with Gasteiger partial charge in [-0.15, -0.1) is 0 Å². The van der Waals surface area contributed by atoms with E-state index in [0.29, 0.717) is 22.7 Å². The first-order valence-electron chi connectivity index (χ1n) is 9.80. The van der Waals surface area contributed by atoms with Gasteiger partial charge in [-0.25, -0.2) is 14.2 Å². The number of rotatable bonds is 6. The summed E-state index contributed by atoms with van der Waals surface area (Å²) < 4.78 is 13.3. The fourth-order valence-corrected chi connectivity index (χ4v) is 3.59. The minimum absolute atomic E-state index is 0.239. The molecule has 8 nitrogen and oxygen atoms in total. The summed E-state index contributed by atoms with van der Waals surface area (Å²) in [5, 5.41) is 33.7. The average molecular weight is 413 g/mol. The van der Waals surface area contributed by atoms with Crippen molar-refractivity contribution in [2.24, 2.45) is 0 Å². The zero-order valence-corrected chi connectivity index (χ0v) is 16.7. The number of hydrogen-bond donors (Lipinski definition) is 5. The Morgan fingerprint density at radius 1 is 1.33 bits per heavy atom. The SMILES string of the molecule is CC(C)(O)[C@@H](NC(=O)Nc1cc2[nH]nc(C3CC3)c2c(CO)n1)c1ccc(F)cc1. The van der Waals surface area contributed by atoms with Crippen molar-refractivity contribution >= 4 is 22.8 Å². The summed E-state index contributed by atoms with van der Waals surface area (Å²) >= 11 is 0. The lowest BCUT2D eigenvalue weighted by molar-refractivity contribution is 0.0415. The van der Waals surface area contributed by atoms with Crippen LogP contribution in [0.15, 0.2) is 30.3 Å². The topological polar surface area (TPSA) is 123 Å². The Bertz CT molecular complexity index is 1070. The summed E-state index contributed by atoms with van der Waals surface area (Å²) in [7, 11) is 0. The van der Waals surface area contributed by atoms with Crippen molar-refractivity contribution < 1.29 is 19.4 Å². The molecule has 0 radical (unpaired) electrons. The zero-order valence-electron chi connectivity index (χ0n) is 16.7. The number of nitrogens with one attached hydrogen (secondary N) is 3. The maximum Gasteiger partial charge on any atom is 0.320 e. The highest BCUT2D eigenvalue weighted by atomic mass is 19.1. The van der Waals surface area contributed by atoms with E-state index in [9.17, 15) is 19.4 Å². The van der Waals surface area contributed by atoms with Crippen LogP contribution in [0.25, 0.3) is 10.9 Å². The zero-order chi connectivity index (χ0) is 21.5. The number of anilines is 1. The molecule has 0 unspecified atom stereocenters. The van der Waals surface area contributed by atoms with Crippen LogP contribution >= 0.6 is 0 Å². The summed E-state index contributed by atoms with van der Waals surface area (Å²) in [4.78, 5) is 17.0. The molecule has 9 heteroatoms. The molecular formula is C21H24FN5O3. The number of amides is 2. The van der Waals surface area contributed by atoms with Crippen molar-refractivity contribution in [1.29, 1.82) is 0 Å². The van der Waals surface area contributed by atoms with Crippen LogP contribution in [0.5, 0.6) is 0 Å². The molecule has 1 saturated carbocycles. The number of H-pyrrole nitrogens is 1. The smallest absolute Gasteiger partial charge is 0.320 e. The third-order valence-electron chi connectivity index (χ3n) is 5.19. The summed E-state index contributed by atoms with van der Waals surface area (Å²) in [6, 6.07) is 5.84. The van der Waals surface area contributed by atoms with E-state index in [0.717, 1.165) is 23.9 Å². The quantitative estimate of drug-likeness (QED) is 0.425. The molecule has 1 aliphatic rings. The summed E-state index contributed by atoms with van der Waals surface area (Å²) in [6.45, 7) is 2.83. The van der Waals surface area contributed by atoms with Crippen molar-refractivity contribution in [3.05, 3.63) is 53.1 Å². The molecule has 1 fully saturated rings. The molecule has 2 heterocycles. The van der Waals surface area contributed by atoms with Crippen LogP contribution in [0.3, 0.4) is 0 Å². The van der Waals surface area contributed by atoms with Gasteiger partial charge in [0.15, 0.2) is 0 Å². The highest BCUT2D eigenvalue weighted by Gasteiger charge is 2.31. The summed E-state index contributed by atoms with van der Waals surface area (Å²) in [5.41, 5.74) is 1.28. The normalized spacial score (nSPS) is 15.2. The second-order valence-corrected chi connectivity index (χ2v) is 8.15. The molecule has 158 valence electrons. The van der Waals surface area contributed by atoms with Gasteiger partial charge in [0, 0.05) is 17.4 Å². The lowest BCUT2D eigenvalue weighted by atomic mass is 9.92. The molecule has 5 N–H and O–H groups in total. The van der Waals surface area contributed by atoms with Gasteiger partial charge in [-0.3, -0.25) is 10.4 Å². The number of aromatic amines is 1. The molecular weight excluding hydrogens is 389 g/mol. The lowest BCUT2D eigenvalue weighted by Gasteiger charge is -2.30. The fraction of sp³-hybridized carbons (Fsp3) is 0.381. The number of halogens is 1. The third kappa shape index (κ3) is 4.12. The van der Waals surface area contributed by atoms with Crippen molar-refractivity contribution in [1.82, 2.24) is 20.5 Å². The van der Waals surface area contributed by atoms with E-state index >= 15 is 0 Å². The lowest BCUT2D eigenvalue weighted by Crippen LogP contribution is -2.44. The monoisotopic (exact) mass is 413 g/mol. The molecule has 0 bridgehead atoms. The van der Waals surface area contributed by atoms with Gasteiger partial charge in [0.05, 0.1) is 35.2 Å². The molecule has 0 spiro atoms. The molecule has 2 aromatic heterocycles. The highest BCUT2D eigenvalue weighted by molar-refractivity contribution is 5.92. The number of pyridine rings is 1. The predicted molar refractivity (Wildman–Crippen MR) is 109 cm³/mol. The van der Waals surface area contributed by atoms with Gasteiger partial charge in [-0.1, -0.05) is 12.1 Å². The third-order valence-corrected chi connectivity index (χ3v) is 5.19. The number of aliphatic hydroxyl groups excluding tert-OH is 1. The molecule has 3 aromatic rings. The highest BCUT2D eigenvalue weighted by Crippen LogP contribution is 2.42. The first-order valence-corrected chi connectivity index (χ1v) is 9.80. The second kappa shape index (κ2) is 7.66. The van der Waals surface area contributed by atoms with Crippen LogP contribution in [-0.4, -0.2) is 37.0 Å². The summed E-state index contributed by atoms with van der Waals surface area (Å²) in [6.07, 6.45) is 2.13. The van der Waals surface area contributed by atoms with E-state index in [2.05, 4.69) is 25.8 Å². The van der Waals surface area contributed by atoms with Gasteiger partial charge in [-0.2, -0.15) is 5.10 Å². The van der Waals surface area contributed by atoms with Crippen LogP contribution in [0.1, 0.15) is 55.6 Å². The molecule has 30 heavy (non-hydrogen) atoms. The van der Waals surface area contributed by atoms with Crippen molar-refractivity contribution in [3.8, 4) is 0 Å². The van der Waals surface area contributed by atoms with Crippen LogP contribution in [0.4, 0.5) is 15.0 Å². The number of hydrogen-bond acceptors (Lipinski definition) is 5. The Morgan fingerprint density at radius 2 is 2.03 bits per heavy atom. The number of benzene rings is 1. The van der Waals surface area contributed by atoms with E-state index in [-0.39, 0.29) is 12.4 Å². The Hall–Kier alpha value is -3.04. The number of nitrogens with zero attached hydrogens (tertiary/aromatic N) is 2. The Kier molecular flexibility index (Phi) is 5.17. The first-order chi connectivity index (χ1) is 14.3.